The first kappa shape index (κ1) is 18.8. The van der Waals surface area contributed by atoms with Crippen LogP contribution in [0.25, 0.3) is 10.8 Å². The van der Waals surface area contributed by atoms with Gasteiger partial charge in [0.25, 0.3) is 0 Å². The van der Waals surface area contributed by atoms with E-state index in [9.17, 15) is 9.59 Å². The zero-order chi connectivity index (χ0) is 18.4. The van der Waals surface area contributed by atoms with Gasteiger partial charge in [-0.1, -0.05) is 55.8 Å². The fourth-order valence-electron chi connectivity index (χ4n) is 3.05. The first-order valence-corrected chi connectivity index (χ1v) is 8.67. The van der Waals surface area contributed by atoms with Gasteiger partial charge in [0.2, 0.25) is 5.91 Å². The Morgan fingerprint density at radius 1 is 1.08 bits per heavy atom. The molecule has 0 bridgehead atoms. The number of hydrogen-bond donors (Lipinski definition) is 3. The van der Waals surface area contributed by atoms with E-state index in [1.165, 1.54) is 0 Å². The van der Waals surface area contributed by atoms with E-state index in [2.05, 4.69) is 34.1 Å². The Kier molecular flexibility index (Phi) is 6.02. The van der Waals surface area contributed by atoms with E-state index in [0.717, 1.165) is 22.8 Å². The SMILES string of the molecule is CCC[C@H](NC(=O)NC(C)(C)c1cccc2ccccc12)C(=O)NC. The third-order valence-electron chi connectivity index (χ3n) is 4.33. The molecule has 0 aliphatic heterocycles. The molecule has 5 nitrogen and oxygen atoms in total. The maximum Gasteiger partial charge on any atom is 0.316 e. The molecule has 2 aromatic rings. The van der Waals surface area contributed by atoms with Crippen LogP contribution in [0.3, 0.4) is 0 Å². The fourth-order valence-corrected chi connectivity index (χ4v) is 3.05. The van der Waals surface area contributed by atoms with Crippen molar-refractivity contribution in [2.24, 2.45) is 0 Å². The summed E-state index contributed by atoms with van der Waals surface area (Å²) < 4.78 is 0. The van der Waals surface area contributed by atoms with Crippen molar-refractivity contribution in [1.82, 2.24) is 16.0 Å². The second kappa shape index (κ2) is 8.01. The molecular weight excluding hydrogens is 314 g/mol. The monoisotopic (exact) mass is 341 g/mol. The molecule has 1 atom stereocenters. The molecule has 0 saturated carbocycles. The largest absolute Gasteiger partial charge is 0.357 e. The Morgan fingerprint density at radius 2 is 1.76 bits per heavy atom. The van der Waals surface area contributed by atoms with Crippen LogP contribution in [0.15, 0.2) is 42.5 Å². The van der Waals surface area contributed by atoms with Crippen LogP contribution in [-0.2, 0) is 10.3 Å². The van der Waals surface area contributed by atoms with Crippen LogP contribution in [0.5, 0.6) is 0 Å². The van der Waals surface area contributed by atoms with Gasteiger partial charge < -0.3 is 16.0 Å². The number of benzene rings is 2. The van der Waals surface area contributed by atoms with E-state index >= 15 is 0 Å². The second-order valence-electron chi connectivity index (χ2n) is 6.71. The number of urea groups is 1. The maximum absolute atomic E-state index is 12.5. The molecule has 3 amide bonds. The van der Waals surface area contributed by atoms with E-state index < -0.39 is 11.6 Å². The zero-order valence-corrected chi connectivity index (χ0v) is 15.3. The predicted molar refractivity (Wildman–Crippen MR) is 101 cm³/mol. The lowest BCUT2D eigenvalue weighted by Crippen LogP contribution is -2.53. The Hall–Kier alpha value is -2.56. The third-order valence-corrected chi connectivity index (χ3v) is 4.33. The number of carbonyl (C=O) groups is 2. The van der Waals surface area contributed by atoms with Crippen molar-refractivity contribution in [3.63, 3.8) is 0 Å². The minimum atomic E-state index is -0.579. The van der Waals surface area contributed by atoms with Crippen molar-refractivity contribution in [1.29, 1.82) is 0 Å². The molecule has 2 aromatic carbocycles. The quantitative estimate of drug-likeness (QED) is 0.754. The molecule has 0 unspecified atom stereocenters. The molecule has 0 saturated heterocycles. The molecular formula is C20H27N3O2. The topological polar surface area (TPSA) is 70.2 Å². The van der Waals surface area contributed by atoms with Crippen LogP contribution >= 0.6 is 0 Å². The first-order chi connectivity index (χ1) is 11.9. The summed E-state index contributed by atoms with van der Waals surface area (Å²) in [5.74, 6) is -0.181. The van der Waals surface area contributed by atoms with Gasteiger partial charge in [-0.25, -0.2) is 4.79 Å². The normalized spacial score (nSPS) is 12.5. The van der Waals surface area contributed by atoms with Crippen molar-refractivity contribution in [3.05, 3.63) is 48.0 Å². The minimum absolute atomic E-state index is 0.181. The smallest absolute Gasteiger partial charge is 0.316 e. The van der Waals surface area contributed by atoms with E-state index in [1.54, 1.807) is 7.05 Å². The summed E-state index contributed by atoms with van der Waals surface area (Å²) in [6.07, 6.45) is 1.41. The summed E-state index contributed by atoms with van der Waals surface area (Å²) >= 11 is 0. The number of carbonyl (C=O) groups excluding carboxylic acids is 2. The van der Waals surface area contributed by atoms with Crippen molar-refractivity contribution in [2.45, 2.75) is 45.2 Å². The molecule has 25 heavy (non-hydrogen) atoms. The molecule has 2 rings (SSSR count). The van der Waals surface area contributed by atoms with Crippen LogP contribution in [-0.4, -0.2) is 25.0 Å². The molecule has 0 radical (unpaired) electrons. The highest BCUT2D eigenvalue weighted by Gasteiger charge is 2.27. The summed E-state index contributed by atoms with van der Waals surface area (Å²) in [5.41, 5.74) is 0.456. The molecule has 0 heterocycles. The Labute approximate surface area is 149 Å². The Morgan fingerprint density at radius 3 is 2.44 bits per heavy atom. The molecule has 0 aliphatic carbocycles. The molecule has 0 aromatic heterocycles. The van der Waals surface area contributed by atoms with E-state index in [4.69, 9.17) is 0 Å². The highest BCUT2D eigenvalue weighted by Crippen LogP contribution is 2.28. The molecule has 0 aliphatic rings. The lowest BCUT2D eigenvalue weighted by molar-refractivity contribution is -0.122. The van der Waals surface area contributed by atoms with Crippen LogP contribution < -0.4 is 16.0 Å². The van der Waals surface area contributed by atoms with Gasteiger partial charge in [-0.2, -0.15) is 0 Å². The first-order valence-electron chi connectivity index (χ1n) is 8.67. The van der Waals surface area contributed by atoms with Crippen LogP contribution in [0.2, 0.25) is 0 Å². The third kappa shape index (κ3) is 4.50. The molecule has 0 fully saturated rings. The molecule has 3 N–H and O–H groups in total. The summed E-state index contributed by atoms with van der Waals surface area (Å²) in [4.78, 5) is 24.4. The molecule has 134 valence electrons. The maximum atomic E-state index is 12.5. The Balaban J connectivity index is 2.19. The summed E-state index contributed by atoms with van der Waals surface area (Å²) in [6, 6.07) is 13.3. The van der Waals surface area contributed by atoms with Crippen molar-refractivity contribution < 1.29 is 9.59 Å². The van der Waals surface area contributed by atoms with Crippen molar-refractivity contribution in [2.75, 3.05) is 7.05 Å². The summed E-state index contributed by atoms with van der Waals surface area (Å²) in [5, 5.41) is 10.6. The summed E-state index contributed by atoms with van der Waals surface area (Å²) in [7, 11) is 1.57. The van der Waals surface area contributed by atoms with Gasteiger partial charge in [-0.3, -0.25) is 4.79 Å². The number of amides is 3. The number of nitrogens with one attached hydrogen (secondary N) is 3. The average Bonchev–Trinajstić information content (AvgIpc) is 2.59. The average molecular weight is 341 g/mol. The van der Waals surface area contributed by atoms with Crippen LogP contribution in [0.4, 0.5) is 4.79 Å². The van der Waals surface area contributed by atoms with Crippen LogP contribution in [0, 0.1) is 0 Å². The second-order valence-corrected chi connectivity index (χ2v) is 6.71. The minimum Gasteiger partial charge on any atom is -0.357 e. The van der Waals surface area contributed by atoms with Gasteiger partial charge in [0.1, 0.15) is 6.04 Å². The van der Waals surface area contributed by atoms with Gasteiger partial charge in [0.15, 0.2) is 0 Å². The van der Waals surface area contributed by atoms with Crippen LogP contribution in [0.1, 0.15) is 39.2 Å². The van der Waals surface area contributed by atoms with Crippen molar-refractivity contribution >= 4 is 22.7 Å². The standard InChI is InChI=1S/C20H27N3O2/c1-5-9-17(18(24)21-4)22-19(25)23-20(2,3)16-13-8-11-14-10-6-7-12-15(14)16/h6-8,10-13,17H,5,9H2,1-4H3,(H,21,24)(H2,22,23,25)/t17-/m0/s1. The predicted octanol–water partition coefficient (Wildman–Crippen LogP) is 3.29. The lowest BCUT2D eigenvalue weighted by atomic mass is 9.89. The van der Waals surface area contributed by atoms with Gasteiger partial charge >= 0.3 is 6.03 Å². The fraction of sp³-hybridized carbons (Fsp3) is 0.400. The number of fused-ring (bicyclic) bond motifs is 1. The Bertz CT molecular complexity index is 750. The van der Waals surface area contributed by atoms with E-state index in [1.807, 2.05) is 45.0 Å². The molecule has 0 spiro atoms. The van der Waals surface area contributed by atoms with Gasteiger partial charge in [-0.15, -0.1) is 0 Å². The van der Waals surface area contributed by atoms with Crippen molar-refractivity contribution in [3.8, 4) is 0 Å². The van der Waals surface area contributed by atoms with E-state index in [0.29, 0.717) is 6.42 Å². The highest BCUT2D eigenvalue weighted by atomic mass is 16.2. The number of likely N-dealkylation sites (N-methyl/N-ethyl adjacent to an activating group) is 1. The molecule has 5 heteroatoms. The number of rotatable bonds is 6. The zero-order valence-electron chi connectivity index (χ0n) is 15.3. The number of hydrogen-bond acceptors (Lipinski definition) is 2. The summed E-state index contributed by atoms with van der Waals surface area (Å²) in [6.45, 7) is 5.90. The van der Waals surface area contributed by atoms with Gasteiger partial charge in [0, 0.05) is 7.05 Å². The van der Waals surface area contributed by atoms with Gasteiger partial charge in [-0.05, 0) is 36.6 Å². The highest BCUT2D eigenvalue weighted by molar-refractivity contribution is 5.89. The lowest BCUT2D eigenvalue weighted by Gasteiger charge is -2.29. The van der Waals surface area contributed by atoms with Gasteiger partial charge in [0.05, 0.1) is 5.54 Å². The van der Waals surface area contributed by atoms with E-state index in [-0.39, 0.29) is 11.9 Å².